The van der Waals surface area contributed by atoms with Gasteiger partial charge in [0.15, 0.2) is 0 Å². The molecular weight excluding hydrogens is 223 g/mol. The number of benzene rings is 1. The topological polar surface area (TPSA) is 64.3 Å². The maximum atomic E-state index is 13.3. The van der Waals surface area contributed by atoms with Crippen LogP contribution < -0.4 is 11.1 Å². The summed E-state index contributed by atoms with van der Waals surface area (Å²) in [5, 5.41) is 2.69. The molecule has 0 spiro atoms. The van der Waals surface area contributed by atoms with Crippen LogP contribution in [0.5, 0.6) is 0 Å². The van der Waals surface area contributed by atoms with E-state index in [2.05, 4.69) is 5.32 Å². The molecule has 0 aromatic heterocycles. The van der Waals surface area contributed by atoms with Crippen molar-refractivity contribution < 1.29 is 13.9 Å². The maximum absolute atomic E-state index is 13.3. The van der Waals surface area contributed by atoms with Crippen LogP contribution in [0.4, 0.5) is 4.39 Å². The Labute approximate surface area is 100.0 Å². The third kappa shape index (κ3) is 4.13. The summed E-state index contributed by atoms with van der Waals surface area (Å²) in [5.74, 6) is -0.979. The van der Waals surface area contributed by atoms with Gasteiger partial charge in [0.25, 0.3) is 5.91 Å². The van der Waals surface area contributed by atoms with Crippen molar-refractivity contribution in [3.8, 4) is 0 Å². The minimum absolute atomic E-state index is 0.0330. The fourth-order valence-corrected chi connectivity index (χ4v) is 1.51. The molecular formula is C12H17FN2O2. The average Bonchev–Trinajstić information content (AvgIpc) is 2.30. The molecule has 3 N–H and O–H groups in total. The molecule has 1 aromatic carbocycles. The van der Waals surface area contributed by atoms with E-state index in [0.29, 0.717) is 19.6 Å². The third-order valence-electron chi connectivity index (χ3n) is 2.34. The second-order valence-corrected chi connectivity index (χ2v) is 3.68. The fourth-order valence-electron chi connectivity index (χ4n) is 1.51. The highest BCUT2D eigenvalue weighted by atomic mass is 19.1. The molecule has 0 heterocycles. The van der Waals surface area contributed by atoms with Crippen molar-refractivity contribution in [2.24, 2.45) is 5.73 Å². The van der Waals surface area contributed by atoms with Crippen molar-refractivity contribution in [1.82, 2.24) is 5.32 Å². The van der Waals surface area contributed by atoms with Crippen LogP contribution in [0.15, 0.2) is 24.3 Å². The van der Waals surface area contributed by atoms with Crippen molar-refractivity contribution in [3.63, 3.8) is 0 Å². The molecule has 17 heavy (non-hydrogen) atoms. The number of hydrogen-bond donors (Lipinski definition) is 2. The Bertz CT molecular complexity index is 365. The summed E-state index contributed by atoms with van der Waals surface area (Å²) >= 11 is 0. The summed E-state index contributed by atoms with van der Waals surface area (Å²) < 4.78 is 18.3. The minimum Gasteiger partial charge on any atom is -0.383 e. The van der Waals surface area contributed by atoms with Gasteiger partial charge in [-0.05, 0) is 25.1 Å². The Morgan fingerprint density at radius 1 is 1.53 bits per heavy atom. The normalized spacial score (nSPS) is 12.2. The van der Waals surface area contributed by atoms with Gasteiger partial charge in [0.05, 0.1) is 18.2 Å². The first-order chi connectivity index (χ1) is 8.19. The molecule has 0 saturated carbocycles. The molecule has 1 unspecified atom stereocenters. The van der Waals surface area contributed by atoms with Crippen LogP contribution in [0.1, 0.15) is 16.8 Å². The summed E-state index contributed by atoms with van der Waals surface area (Å²) in [7, 11) is 1.54. The summed E-state index contributed by atoms with van der Waals surface area (Å²) in [6.07, 6.45) is 0.591. The molecule has 0 aliphatic carbocycles. The highest BCUT2D eigenvalue weighted by Gasteiger charge is 2.15. The second-order valence-electron chi connectivity index (χ2n) is 3.68. The van der Waals surface area contributed by atoms with Gasteiger partial charge in [0.1, 0.15) is 5.82 Å². The second kappa shape index (κ2) is 6.98. The van der Waals surface area contributed by atoms with E-state index in [1.54, 1.807) is 19.2 Å². The number of nitrogens with two attached hydrogens (primary N) is 1. The number of ether oxygens (including phenoxy) is 1. The minimum atomic E-state index is -0.533. The van der Waals surface area contributed by atoms with Crippen molar-refractivity contribution in [1.29, 1.82) is 0 Å². The fraction of sp³-hybridized carbons (Fsp3) is 0.417. The monoisotopic (exact) mass is 240 g/mol. The van der Waals surface area contributed by atoms with E-state index < -0.39 is 11.7 Å². The molecule has 1 aromatic rings. The Morgan fingerprint density at radius 2 is 2.24 bits per heavy atom. The molecule has 1 amide bonds. The van der Waals surface area contributed by atoms with Gasteiger partial charge in [-0.1, -0.05) is 12.1 Å². The summed E-state index contributed by atoms with van der Waals surface area (Å²) in [6, 6.07) is 5.66. The number of amides is 1. The van der Waals surface area contributed by atoms with E-state index in [1.807, 2.05) is 0 Å². The van der Waals surface area contributed by atoms with Crippen LogP contribution in [0.2, 0.25) is 0 Å². The molecule has 0 saturated heterocycles. The average molecular weight is 240 g/mol. The Kier molecular flexibility index (Phi) is 5.59. The molecule has 0 radical (unpaired) electrons. The first-order valence-corrected chi connectivity index (χ1v) is 5.43. The first kappa shape index (κ1) is 13.6. The third-order valence-corrected chi connectivity index (χ3v) is 2.34. The van der Waals surface area contributed by atoms with Gasteiger partial charge in [-0.3, -0.25) is 4.79 Å². The first-order valence-electron chi connectivity index (χ1n) is 5.43. The van der Waals surface area contributed by atoms with E-state index in [4.69, 9.17) is 10.5 Å². The molecule has 0 bridgehead atoms. The van der Waals surface area contributed by atoms with Crippen molar-refractivity contribution in [2.75, 3.05) is 20.3 Å². The number of nitrogens with one attached hydrogen (secondary N) is 1. The van der Waals surface area contributed by atoms with Crippen molar-refractivity contribution >= 4 is 5.91 Å². The lowest BCUT2D eigenvalue weighted by atomic mass is 10.1. The Balaban J connectivity index is 2.67. The van der Waals surface area contributed by atoms with Gasteiger partial charge in [0.2, 0.25) is 0 Å². The summed E-state index contributed by atoms with van der Waals surface area (Å²) in [5.41, 5.74) is 5.46. The van der Waals surface area contributed by atoms with Gasteiger partial charge in [-0.15, -0.1) is 0 Å². The number of rotatable bonds is 6. The predicted octanol–water partition coefficient (Wildman–Crippen LogP) is 0.919. The highest BCUT2D eigenvalue weighted by Crippen LogP contribution is 2.06. The van der Waals surface area contributed by atoms with E-state index in [9.17, 15) is 9.18 Å². The quantitative estimate of drug-likeness (QED) is 0.777. The lowest BCUT2D eigenvalue weighted by Crippen LogP contribution is -2.39. The van der Waals surface area contributed by atoms with Crippen LogP contribution in [0.3, 0.4) is 0 Å². The van der Waals surface area contributed by atoms with E-state index in [1.165, 1.54) is 12.1 Å². The molecule has 4 nitrogen and oxygen atoms in total. The number of carbonyl (C=O) groups excluding carboxylic acids is 1. The van der Waals surface area contributed by atoms with E-state index in [-0.39, 0.29) is 11.6 Å². The lowest BCUT2D eigenvalue weighted by molar-refractivity contribution is 0.0889. The van der Waals surface area contributed by atoms with Gasteiger partial charge in [-0.25, -0.2) is 4.39 Å². The number of carbonyl (C=O) groups is 1. The van der Waals surface area contributed by atoms with Gasteiger partial charge < -0.3 is 15.8 Å². The molecule has 0 aliphatic rings. The van der Waals surface area contributed by atoms with Crippen molar-refractivity contribution in [3.05, 3.63) is 35.6 Å². The standard InChI is InChI=1S/C12H17FN2O2/c1-17-8-9(6-7-14)15-12(16)10-4-2-3-5-11(10)13/h2-5,9H,6-8,14H2,1H3,(H,15,16). The van der Waals surface area contributed by atoms with Gasteiger partial charge >= 0.3 is 0 Å². The summed E-state index contributed by atoms with van der Waals surface area (Å²) in [6.45, 7) is 0.795. The van der Waals surface area contributed by atoms with E-state index >= 15 is 0 Å². The molecule has 1 rings (SSSR count). The summed E-state index contributed by atoms with van der Waals surface area (Å²) in [4.78, 5) is 11.8. The van der Waals surface area contributed by atoms with Crippen LogP contribution in [0.25, 0.3) is 0 Å². The largest absolute Gasteiger partial charge is 0.383 e. The van der Waals surface area contributed by atoms with Gasteiger partial charge in [0, 0.05) is 7.11 Å². The molecule has 94 valence electrons. The molecule has 1 atom stereocenters. The molecule has 0 aliphatic heterocycles. The highest BCUT2D eigenvalue weighted by molar-refractivity contribution is 5.94. The lowest BCUT2D eigenvalue weighted by Gasteiger charge is -2.17. The number of methoxy groups -OCH3 is 1. The van der Waals surface area contributed by atoms with Gasteiger partial charge in [-0.2, -0.15) is 0 Å². The predicted molar refractivity (Wildman–Crippen MR) is 63.2 cm³/mol. The Morgan fingerprint density at radius 3 is 2.82 bits per heavy atom. The smallest absolute Gasteiger partial charge is 0.254 e. The Hall–Kier alpha value is -1.46. The zero-order valence-electron chi connectivity index (χ0n) is 9.78. The van der Waals surface area contributed by atoms with Crippen LogP contribution >= 0.6 is 0 Å². The zero-order chi connectivity index (χ0) is 12.7. The SMILES string of the molecule is COCC(CCN)NC(=O)c1ccccc1F. The van der Waals surface area contributed by atoms with Crippen LogP contribution in [-0.4, -0.2) is 32.2 Å². The molecule has 5 heteroatoms. The number of hydrogen-bond acceptors (Lipinski definition) is 3. The number of halogens is 1. The maximum Gasteiger partial charge on any atom is 0.254 e. The molecule has 0 fully saturated rings. The zero-order valence-corrected chi connectivity index (χ0v) is 9.78. The van der Waals surface area contributed by atoms with Crippen molar-refractivity contribution in [2.45, 2.75) is 12.5 Å². The van der Waals surface area contributed by atoms with Crippen LogP contribution in [-0.2, 0) is 4.74 Å². The van der Waals surface area contributed by atoms with Crippen LogP contribution in [0, 0.1) is 5.82 Å². The van der Waals surface area contributed by atoms with E-state index in [0.717, 1.165) is 0 Å².